The number of carbonyl (C=O) groups is 2. The second-order valence-electron chi connectivity index (χ2n) is 6.35. The van der Waals surface area contributed by atoms with Crippen molar-refractivity contribution < 1.29 is 9.59 Å². The van der Waals surface area contributed by atoms with Gasteiger partial charge in [-0.25, -0.2) is 0 Å². The van der Waals surface area contributed by atoms with Crippen molar-refractivity contribution >= 4 is 11.8 Å². The van der Waals surface area contributed by atoms with Crippen LogP contribution in [0.1, 0.15) is 33.6 Å². The maximum atomic E-state index is 12.1. The first-order valence-corrected chi connectivity index (χ1v) is 6.43. The number of carbonyl (C=O) groups excluding carboxylic acids is 2. The highest BCUT2D eigenvalue weighted by molar-refractivity contribution is 6.08. The van der Waals surface area contributed by atoms with Gasteiger partial charge < -0.3 is 15.5 Å². The Bertz CT molecular complexity index is 328. The third-order valence-corrected chi connectivity index (χ3v) is 2.95. The molecule has 0 atom stereocenters. The summed E-state index contributed by atoms with van der Waals surface area (Å²) in [7, 11) is 3.90. The van der Waals surface area contributed by atoms with Crippen molar-refractivity contribution in [1.82, 2.24) is 15.5 Å². The second kappa shape index (κ2) is 5.26. The van der Waals surface area contributed by atoms with E-state index in [1.807, 2.05) is 39.8 Å². The summed E-state index contributed by atoms with van der Waals surface area (Å²) in [6.07, 6.45) is 1.31. The van der Waals surface area contributed by atoms with Gasteiger partial charge in [0.05, 0.1) is 0 Å². The lowest BCUT2D eigenvalue weighted by Crippen LogP contribution is -2.50. The summed E-state index contributed by atoms with van der Waals surface area (Å²) in [6.45, 7) is 7.12. The van der Waals surface area contributed by atoms with Crippen molar-refractivity contribution in [3.63, 3.8) is 0 Å². The Kier molecular flexibility index (Phi) is 4.37. The van der Waals surface area contributed by atoms with Crippen molar-refractivity contribution in [3.05, 3.63) is 0 Å². The minimum absolute atomic E-state index is 0.133. The molecule has 0 aromatic carbocycles. The Morgan fingerprint density at radius 3 is 2.11 bits per heavy atom. The minimum Gasteiger partial charge on any atom is -0.354 e. The van der Waals surface area contributed by atoms with Gasteiger partial charge in [0.2, 0.25) is 11.8 Å². The average Bonchev–Trinajstić information content (AvgIpc) is 2.94. The molecule has 0 aliphatic heterocycles. The van der Waals surface area contributed by atoms with Crippen molar-refractivity contribution in [2.45, 2.75) is 39.2 Å². The zero-order valence-corrected chi connectivity index (χ0v) is 12.1. The highest BCUT2D eigenvalue weighted by atomic mass is 16.2. The van der Waals surface area contributed by atoms with Gasteiger partial charge in [0.15, 0.2) is 0 Å². The van der Waals surface area contributed by atoms with E-state index in [0.717, 1.165) is 6.54 Å². The second-order valence-corrected chi connectivity index (χ2v) is 6.35. The van der Waals surface area contributed by atoms with Crippen LogP contribution >= 0.6 is 0 Å². The predicted molar refractivity (Wildman–Crippen MR) is 71.1 cm³/mol. The number of rotatable bonds is 5. The van der Waals surface area contributed by atoms with Crippen LogP contribution in [0.2, 0.25) is 0 Å². The van der Waals surface area contributed by atoms with Crippen LogP contribution in [0.15, 0.2) is 0 Å². The smallest absolute Gasteiger partial charge is 0.236 e. The van der Waals surface area contributed by atoms with Crippen LogP contribution in [-0.2, 0) is 9.59 Å². The quantitative estimate of drug-likeness (QED) is 0.697. The summed E-state index contributed by atoms with van der Waals surface area (Å²) in [5.41, 5.74) is -1.10. The average molecular weight is 255 g/mol. The van der Waals surface area contributed by atoms with Crippen molar-refractivity contribution in [1.29, 1.82) is 0 Å². The van der Waals surface area contributed by atoms with Gasteiger partial charge in [-0.05, 0) is 47.7 Å². The molecule has 0 aromatic rings. The molecule has 104 valence electrons. The van der Waals surface area contributed by atoms with Gasteiger partial charge in [0, 0.05) is 18.6 Å². The van der Waals surface area contributed by atoms with E-state index in [-0.39, 0.29) is 17.4 Å². The molecule has 0 unspecified atom stereocenters. The predicted octanol–water partition coefficient (Wildman–Crippen LogP) is 0.359. The lowest BCUT2D eigenvalue weighted by molar-refractivity contribution is -0.138. The monoisotopic (exact) mass is 255 g/mol. The number of likely N-dealkylation sites (N-methyl/N-ethyl adjacent to an activating group) is 1. The first-order valence-electron chi connectivity index (χ1n) is 6.43. The molecule has 0 radical (unpaired) electrons. The number of hydrogen-bond donors (Lipinski definition) is 2. The molecule has 0 saturated heterocycles. The third-order valence-electron chi connectivity index (χ3n) is 2.95. The fraction of sp³-hybridized carbons (Fsp3) is 0.846. The molecule has 1 saturated carbocycles. The fourth-order valence-corrected chi connectivity index (χ4v) is 1.70. The lowest BCUT2D eigenvalue weighted by Gasteiger charge is -2.24. The van der Waals surface area contributed by atoms with Crippen LogP contribution in [0.3, 0.4) is 0 Å². The highest BCUT2D eigenvalue weighted by Gasteiger charge is 2.56. The summed E-state index contributed by atoms with van der Waals surface area (Å²) in [6, 6.07) is 0. The van der Waals surface area contributed by atoms with Gasteiger partial charge in [-0.15, -0.1) is 0 Å². The van der Waals surface area contributed by atoms with Crippen LogP contribution in [0.5, 0.6) is 0 Å². The lowest BCUT2D eigenvalue weighted by atomic mass is 10.0. The third kappa shape index (κ3) is 3.98. The molecule has 5 nitrogen and oxygen atoms in total. The molecule has 1 aliphatic rings. The zero-order chi connectivity index (χ0) is 14.0. The van der Waals surface area contributed by atoms with Gasteiger partial charge in [0.25, 0.3) is 0 Å². The number of nitrogens with one attached hydrogen (secondary N) is 2. The SMILES string of the molecule is CN(C)CCNC(=O)C1(C(=O)NC(C)(C)C)CC1. The fourth-order valence-electron chi connectivity index (χ4n) is 1.70. The van der Waals surface area contributed by atoms with Crippen LogP contribution < -0.4 is 10.6 Å². The molecular weight excluding hydrogens is 230 g/mol. The molecule has 5 heteroatoms. The molecule has 0 aromatic heterocycles. The Hall–Kier alpha value is -1.10. The van der Waals surface area contributed by atoms with Crippen LogP contribution in [0.4, 0.5) is 0 Å². The molecule has 1 rings (SSSR count). The normalized spacial score (nSPS) is 17.4. The minimum atomic E-state index is -0.806. The number of hydrogen-bond acceptors (Lipinski definition) is 3. The van der Waals surface area contributed by atoms with E-state index in [4.69, 9.17) is 0 Å². The molecular formula is C13H25N3O2. The van der Waals surface area contributed by atoms with Crippen LogP contribution in [-0.4, -0.2) is 49.4 Å². The van der Waals surface area contributed by atoms with E-state index in [1.165, 1.54) is 0 Å². The standard InChI is InChI=1S/C13H25N3O2/c1-12(2,3)15-11(18)13(6-7-13)10(17)14-8-9-16(4)5/h6-9H2,1-5H3,(H,14,17)(H,15,18). The summed E-state index contributed by atoms with van der Waals surface area (Å²) < 4.78 is 0. The Balaban J connectivity index is 2.48. The molecule has 1 aliphatic carbocycles. The molecule has 18 heavy (non-hydrogen) atoms. The topological polar surface area (TPSA) is 61.4 Å². The Morgan fingerprint density at radius 2 is 1.72 bits per heavy atom. The van der Waals surface area contributed by atoms with Crippen LogP contribution in [0.25, 0.3) is 0 Å². The largest absolute Gasteiger partial charge is 0.354 e. The maximum absolute atomic E-state index is 12.1. The van der Waals surface area contributed by atoms with Crippen molar-refractivity contribution in [2.75, 3.05) is 27.2 Å². The highest BCUT2D eigenvalue weighted by Crippen LogP contribution is 2.46. The summed E-state index contributed by atoms with van der Waals surface area (Å²) in [5, 5.41) is 5.73. The Labute approximate surface area is 109 Å². The van der Waals surface area contributed by atoms with Crippen LogP contribution in [0, 0.1) is 5.41 Å². The summed E-state index contributed by atoms with van der Waals surface area (Å²) in [5.74, 6) is -0.275. The first-order chi connectivity index (χ1) is 8.17. The summed E-state index contributed by atoms with van der Waals surface area (Å²) in [4.78, 5) is 26.1. The van der Waals surface area contributed by atoms with E-state index in [1.54, 1.807) is 0 Å². The molecule has 2 N–H and O–H groups in total. The summed E-state index contributed by atoms with van der Waals surface area (Å²) >= 11 is 0. The van der Waals surface area contributed by atoms with E-state index < -0.39 is 5.41 Å². The van der Waals surface area contributed by atoms with Gasteiger partial charge >= 0.3 is 0 Å². The molecule has 1 fully saturated rings. The van der Waals surface area contributed by atoms with Gasteiger partial charge in [-0.1, -0.05) is 0 Å². The van der Waals surface area contributed by atoms with Gasteiger partial charge in [-0.2, -0.15) is 0 Å². The van der Waals surface area contributed by atoms with Gasteiger partial charge in [-0.3, -0.25) is 9.59 Å². The van der Waals surface area contributed by atoms with Gasteiger partial charge in [0.1, 0.15) is 5.41 Å². The number of amides is 2. The maximum Gasteiger partial charge on any atom is 0.236 e. The molecule has 0 heterocycles. The first kappa shape index (κ1) is 15.0. The zero-order valence-electron chi connectivity index (χ0n) is 12.1. The number of nitrogens with zero attached hydrogens (tertiary/aromatic N) is 1. The molecule has 2 amide bonds. The van der Waals surface area contributed by atoms with Crippen molar-refractivity contribution in [3.8, 4) is 0 Å². The van der Waals surface area contributed by atoms with Crippen molar-refractivity contribution in [2.24, 2.45) is 5.41 Å². The Morgan fingerprint density at radius 1 is 1.17 bits per heavy atom. The van der Waals surface area contributed by atoms with E-state index in [0.29, 0.717) is 19.4 Å². The van der Waals surface area contributed by atoms with E-state index >= 15 is 0 Å². The van der Waals surface area contributed by atoms with E-state index in [2.05, 4.69) is 10.6 Å². The molecule has 0 bridgehead atoms. The van der Waals surface area contributed by atoms with E-state index in [9.17, 15) is 9.59 Å². The molecule has 0 spiro atoms.